The fourth-order valence-corrected chi connectivity index (χ4v) is 4.29. The number of hydrogen-bond donors (Lipinski definition) is 3. The highest BCUT2D eigenvalue weighted by molar-refractivity contribution is 6.01. The van der Waals surface area contributed by atoms with Crippen molar-refractivity contribution in [1.29, 1.82) is 0 Å². The molecule has 0 bridgehead atoms. The predicted octanol–water partition coefficient (Wildman–Crippen LogP) is 3.90. The third-order valence-corrected chi connectivity index (χ3v) is 5.96. The number of rotatable bonds is 5. The Bertz CT molecular complexity index is 1260. The molecule has 0 fully saturated rings. The van der Waals surface area contributed by atoms with Crippen LogP contribution in [-0.4, -0.2) is 35.2 Å². The van der Waals surface area contributed by atoms with E-state index < -0.39 is 0 Å². The van der Waals surface area contributed by atoms with Crippen molar-refractivity contribution >= 4 is 11.6 Å². The van der Waals surface area contributed by atoms with Crippen LogP contribution in [0.4, 0.5) is 5.69 Å². The molecule has 0 atom stereocenters. The first-order valence-electron chi connectivity index (χ1n) is 11.1. The Labute approximate surface area is 193 Å². The van der Waals surface area contributed by atoms with E-state index in [-0.39, 0.29) is 29.8 Å². The number of para-hydroxylation sites is 1. The number of carbonyl (C=O) groups is 1. The second-order valence-electron chi connectivity index (χ2n) is 8.65. The molecule has 4 rings (SSSR count). The van der Waals surface area contributed by atoms with Gasteiger partial charge in [-0.05, 0) is 63.1 Å². The van der Waals surface area contributed by atoms with Crippen molar-refractivity contribution in [1.82, 2.24) is 10.3 Å². The normalized spacial score (nSPS) is 12.9. The van der Waals surface area contributed by atoms with Crippen LogP contribution in [0.3, 0.4) is 0 Å². The van der Waals surface area contributed by atoms with Crippen LogP contribution >= 0.6 is 0 Å². The minimum atomic E-state index is -0.339. The number of anilines is 1. The topological polar surface area (TPSA) is 94.7 Å². The number of ether oxygens (including phenoxy) is 1. The lowest BCUT2D eigenvalue weighted by atomic mass is 9.98. The number of aryl methyl sites for hydroxylation is 2. The number of nitrogens with zero attached hydrogens (tertiary/aromatic N) is 1. The van der Waals surface area contributed by atoms with E-state index in [0.717, 1.165) is 22.5 Å². The lowest BCUT2D eigenvalue weighted by Gasteiger charge is -2.35. The second-order valence-corrected chi connectivity index (χ2v) is 8.65. The molecular weight excluding hydrogens is 418 g/mol. The second kappa shape index (κ2) is 9.02. The van der Waals surface area contributed by atoms with Crippen molar-refractivity contribution in [2.45, 2.75) is 40.3 Å². The van der Waals surface area contributed by atoms with Gasteiger partial charge < -0.3 is 25.0 Å². The number of phenols is 1. The fraction of sp³-hybridized carbons (Fsp3) is 0.308. The number of aromatic hydroxyl groups is 1. The van der Waals surface area contributed by atoms with Gasteiger partial charge in [-0.1, -0.05) is 18.2 Å². The summed E-state index contributed by atoms with van der Waals surface area (Å²) in [5.74, 6) is 0.313. The van der Waals surface area contributed by atoms with E-state index in [2.05, 4.69) is 29.0 Å². The molecule has 0 unspecified atom stereocenters. The van der Waals surface area contributed by atoms with Gasteiger partial charge in [0.1, 0.15) is 12.4 Å². The van der Waals surface area contributed by atoms with E-state index in [9.17, 15) is 14.7 Å². The zero-order valence-electron chi connectivity index (χ0n) is 19.4. The predicted molar refractivity (Wildman–Crippen MR) is 129 cm³/mol. The molecule has 3 aromatic rings. The third-order valence-electron chi connectivity index (χ3n) is 5.96. The van der Waals surface area contributed by atoms with Crippen molar-refractivity contribution in [3.8, 4) is 22.6 Å². The van der Waals surface area contributed by atoms with E-state index in [0.29, 0.717) is 35.6 Å². The van der Waals surface area contributed by atoms with Crippen LogP contribution in [0.5, 0.6) is 11.5 Å². The van der Waals surface area contributed by atoms with Gasteiger partial charge in [-0.2, -0.15) is 0 Å². The number of fused-ring (bicyclic) bond motifs is 1. The minimum Gasteiger partial charge on any atom is -0.507 e. The molecule has 3 N–H and O–H groups in total. The van der Waals surface area contributed by atoms with Gasteiger partial charge in [0.25, 0.3) is 11.5 Å². The molecule has 7 heteroatoms. The summed E-state index contributed by atoms with van der Waals surface area (Å²) >= 11 is 0. The summed E-state index contributed by atoms with van der Waals surface area (Å²) in [6.45, 7) is 9.14. The number of benzene rings is 2. The van der Waals surface area contributed by atoms with Gasteiger partial charge in [0.05, 0.1) is 17.8 Å². The average molecular weight is 448 g/mol. The zero-order chi connectivity index (χ0) is 23.7. The van der Waals surface area contributed by atoms with Crippen LogP contribution in [0.1, 0.15) is 41.0 Å². The van der Waals surface area contributed by atoms with Crippen LogP contribution in [0, 0.1) is 13.8 Å². The molecule has 0 aliphatic carbocycles. The molecule has 2 aromatic carbocycles. The molecule has 1 aliphatic rings. The molecule has 1 amide bonds. The maximum atomic E-state index is 13.3. The number of carbonyl (C=O) groups excluding carboxylic acids is 1. The Kier molecular flexibility index (Phi) is 6.14. The fourth-order valence-electron chi connectivity index (χ4n) is 4.29. The molecule has 0 saturated heterocycles. The van der Waals surface area contributed by atoms with Crippen LogP contribution in [0.2, 0.25) is 0 Å². The number of phenolic OH excluding ortho intramolecular Hbond substituents is 1. The van der Waals surface area contributed by atoms with E-state index in [1.807, 2.05) is 38.1 Å². The Morgan fingerprint density at radius 3 is 2.67 bits per heavy atom. The standard InChI is InChI=1S/C26H29N3O4/c1-15(2)29-9-10-33-24-20(12-18(13-22(24)29)19-7-5-6-8-23(19)30)25(31)27-14-21-16(3)11-17(4)28-26(21)32/h5-8,11-13,15,30H,9-10,14H2,1-4H3,(H,27,31)(H,28,32). The van der Waals surface area contributed by atoms with Crippen molar-refractivity contribution in [3.63, 3.8) is 0 Å². The van der Waals surface area contributed by atoms with Crippen molar-refractivity contribution in [2.24, 2.45) is 0 Å². The van der Waals surface area contributed by atoms with E-state index >= 15 is 0 Å². The molecular formula is C26H29N3O4. The first-order valence-corrected chi connectivity index (χ1v) is 11.1. The van der Waals surface area contributed by atoms with Crippen molar-refractivity contribution in [2.75, 3.05) is 18.1 Å². The van der Waals surface area contributed by atoms with Gasteiger partial charge in [-0.3, -0.25) is 9.59 Å². The molecule has 0 saturated carbocycles. The minimum absolute atomic E-state index is 0.101. The lowest BCUT2D eigenvalue weighted by Crippen LogP contribution is -2.39. The Morgan fingerprint density at radius 2 is 1.97 bits per heavy atom. The van der Waals surface area contributed by atoms with Crippen LogP contribution in [-0.2, 0) is 6.54 Å². The van der Waals surface area contributed by atoms with E-state index in [1.165, 1.54) is 0 Å². The first kappa shape index (κ1) is 22.5. The maximum absolute atomic E-state index is 13.3. The average Bonchev–Trinajstić information content (AvgIpc) is 2.77. The maximum Gasteiger partial charge on any atom is 0.255 e. The van der Waals surface area contributed by atoms with Crippen molar-refractivity contribution in [3.05, 3.63) is 75.2 Å². The van der Waals surface area contributed by atoms with Crippen LogP contribution in [0.15, 0.2) is 47.3 Å². The number of aromatic amines is 1. The number of pyridine rings is 1. The summed E-state index contributed by atoms with van der Waals surface area (Å²) < 4.78 is 5.96. The van der Waals surface area contributed by atoms with Gasteiger partial charge in [0.2, 0.25) is 0 Å². The van der Waals surface area contributed by atoms with E-state index in [4.69, 9.17) is 4.74 Å². The summed E-state index contributed by atoms with van der Waals surface area (Å²) in [5, 5.41) is 13.3. The first-order chi connectivity index (χ1) is 15.8. The van der Waals surface area contributed by atoms with Gasteiger partial charge >= 0.3 is 0 Å². The summed E-state index contributed by atoms with van der Waals surface area (Å²) in [5.41, 5.74) is 4.45. The van der Waals surface area contributed by atoms with E-state index in [1.54, 1.807) is 18.2 Å². The number of aromatic nitrogens is 1. The highest BCUT2D eigenvalue weighted by Gasteiger charge is 2.27. The monoisotopic (exact) mass is 447 g/mol. The van der Waals surface area contributed by atoms with Crippen LogP contribution < -0.4 is 20.5 Å². The molecule has 1 aliphatic heterocycles. The van der Waals surface area contributed by atoms with Gasteiger partial charge in [0.15, 0.2) is 5.75 Å². The smallest absolute Gasteiger partial charge is 0.255 e. The molecule has 0 spiro atoms. The number of H-pyrrole nitrogens is 1. The number of nitrogens with one attached hydrogen (secondary N) is 2. The Balaban J connectivity index is 1.76. The number of hydrogen-bond acceptors (Lipinski definition) is 5. The highest BCUT2D eigenvalue weighted by Crippen LogP contribution is 2.41. The van der Waals surface area contributed by atoms with Crippen molar-refractivity contribution < 1.29 is 14.6 Å². The SMILES string of the molecule is Cc1cc(C)c(CNC(=O)c2cc(-c3ccccc3O)cc3c2OCCN3C(C)C)c(=O)[nH]1. The molecule has 1 aromatic heterocycles. The molecule has 172 valence electrons. The summed E-state index contributed by atoms with van der Waals surface area (Å²) in [6.07, 6.45) is 0. The molecule has 2 heterocycles. The molecule has 0 radical (unpaired) electrons. The lowest BCUT2D eigenvalue weighted by molar-refractivity contribution is 0.0946. The largest absolute Gasteiger partial charge is 0.507 e. The van der Waals surface area contributed by atoms with Gasteiger partial charge in [0, 0.05) is 29.4 Å². The third kappa shape index (κ3) is 4.44. The summed E-state index contributed by atoms with van der Waals surface area (Å²) in [4.78, 5) is 30.7. The van der Waals surface area contributed by atoms with Gasteiger partial charge in [-0.25, -0.2) is 0 Å². The Hall–Kier alpha value is -3.74. The Morgan fingerprint density at radius 1 is 1.21 bits per heavy atom. The number of amides is 1. The summed E-state index contributed by atoms with van der Waals surface area (Å²) in [6, 6.07) is 12.8. The zero-order valence-corrected chi connectivity index (χ0v) is 19.4. The molecule has 7 nitrogen and oxygen atoms in total. The summed E-state index contributed by atoms with van der Waals surface area (Å²) in [7, 11) is 0. The quantitative estimate of drug-likeness (QED) is 0.551. The van der Waals surface area contributed by atoms with Crippen LogP contribution in [0.25, 0.3) is 11.1 Å². The highest BCUT2D eigenvalue weighted by atomic mass is 16.5. The van der Waals surface area contributed by atoms with Gasteiger partial charge in [-0.15, -0.1) is 0 Å². The molecule has 33 heavy (non-hydrogen) atoms.